The lowest BCUT2D eigenvalue weighted by Gasteiger charge is -2.07. The van der Waals surface area contributed by atoms with Gasteiger partial charge in [-0.25, -0.2) is 0 Å². The highest BCUT2D eigenvalue weighted by atomic mass is 16.2. The maximum absolute atomic E-state index is 11.4. The Kier molecular flexibility index (Phi) is 5.98. The fourth-order valence-corrected chi connectivity index (χ4v) is 3.06. The second-order valence-corrected chi connectivity index (χ2v) is 6.59. The summed E-state index contributed by atoms with van der Waals surface area (Å²) in [6, 6.07) is 24.9. The Morgan fingerprint density at radius 1 is 0.692 bits per heavy atom. The molecular formula is C24H24O2. The Morgan fingerprint density at radius 3 is 1.54 bits per heavy atom. The van der Waals surface area contributed by atoms with E-state index >= 15 is 0 Å². The Balaban J connectivity index is 1.71. The van der Waals surface area contributed by atoms with Gasteiger partial charge in [-0.2, -0.15) is 0 Å². The van der Waals surface area contributed by atoms with E-state index in [0.29, 0.717) is 0 Å². The molecule has 0 bridgehead atoms. The quantitative estimate of drug-likeness (QED) is 0.451. The van der Waals surface area contributed by atoms with Crippen LogP contribution in [0.2, 0.25) is 0 Å². The van der Waals surface area contributed by atoms with E-state index in [2.05, 4.69) is 48.5 Å². The molecule has 0 saturated carbocycles. The molecule has 0 aromatic heterocycles. The zero-order valence-corrected chi connectivity index (χ0v) is 15.1. The van der Waals surface area contributed by atoms with E-state index in [9.17, 15) is 4.79 Å². The minimum absolute atomic E-state index is 0.0895. The number of rotatable bonds is 7. The Labute approximate surface area is 155 Å². The maximum atomic E-state index is 11.4. The number of aryl methyl sites for hydroxylation is 1. The molecule has 0 aliphatic carbocycles. The molecule has 0 radical (unpaired) electrons. The Morgan fingerprint density at radius 2 is 1.12 bits per heavy atom. The maximum Gasteiger partial charge on any atom is 0.159 e. The van der Waals surface area contributed by atoms with Crippen molar-refractivity contribution in [3.63, 3.8) is 0 Å². The molecule has 3 aromatic carbocycles. The van der Waals surface area contributed by atoms with Gasteiger partial charge in [0.05, 0.1) is 0 Å². The molecule has 0 heterocycles. The highest BCUT2D eigenvalue weighted by Crippen LogP contribution is 2.25. The van der Waals surface area contributed by atoms with E-state index in [4.69, 9.17) is 5.11 Å². The van der Waals surface area contributed by atoms with Crippen LogP contribution in [0.15, 0.2) is 72.8 Å². The third kappa shape index (κ3) is 4.47. The summed E-state index contributed by atoms with van der Waals surface area (Å²) in [6.07, 6.45) is 2.89. The van der Waals surface area contributed by atoms with Crippen molar-refractivity contribution in [2.75, 3.05) is 6.61 Å². The van der Waals surface area contributed by atoms with Crippen LogP contribution in [-0.4, -0.2) is 17.5 Å². The van der Waals surface area contributed by atoms with Crippen molar-refractivity contribution >= 4 is 5.78 Å². The van der Waals surface area contributed by atoms with Crippen LogP contribution in [0.1, 0.15) is 35.7 Å². The van der Waals surface area contributed by atoms with Gasteiger partial charge < -0.3 is 5.11 Å². The van der Waals surface area contributed by atoms with Gasteiger partial charge in [0.15, 0.2) is 5.78 Å². The molecule has 3 rings (SSSR count). The van der Waals surface area contributed by atoms with Crippen LogP contribution in [0.5, 0.6) is 0 Å². The van der Waals surface area contributed by atoms with Crippen LogP contribution in [0, 0.1) is 0 Å². The van der Waals surface area contributed by atoms with Gasteiger partial charge in [0.25, 0.3) is 0 Å². The predicted molar refractivity (Wildman–Crippen MR) is 107 cm³/mol. The largest absolute Gasteiger partial charge is 0.396 e. The second kappa shape index (κ2) is 8.59. The molecule has 0 atom stereocenters. The van der Waals surface area contributed by atoms with E-state index in [1.54, 1.807) is 6.92 Å². The summed E-state index contributed by atoms with van der Waals surface area (Å²) in [6.45, 7) is 1.85. The minimum Gasteiger partial charge on any atom is -0.396 e. The zero-order valence-electron chi connectivity index (χ0n) is 15.1. The first-order chi connectivity index (χ1) is 12.7. The molecule has 0 aliphatic heterocycles. The van der Waals surface area contributed by atoms with Gasteiger partial charge in [0.2, 0.25) is 0 Å². The van der Waals surface area contributed by atoms with Gasteiger partial charge in [0, 0.05) is 12.2 Å². The van der Waals surface area contributed by atoms with E-state index in [1.807, 2.05) is 24.3 Å². The lowest BCUT2D eigenvalue weighted by molar-refractivity contribution is 0.101. The summed E-state index contributed by atoms with van der Waals surface area (Å²) < 4.78 is 0. The lowest BCUT2D eigenvalue weighted by Crippen LogP contribution is -1.90. The van der Waals surface area contributed by atoms with Gasteiger partial charge in [-0.3, -0.25) is 4.79 Å². The molecular weight excluding hydrogens is 320 g/mol. The average molecular weight is 344 g/mol. The van der Waals surface area contributed by atoms with Crippen LogP contribution in [0.3, 0.4) is 0 Å². The third-order valence-corrected chi connectivity index (χ3v) is 4.67. The van der Waals surface area contributed by atoms with Crippen molar-refractivity contribution in [2.24, 2.45) is 0 Å². The molecule has 0 saturated heterocycles. The van der Waals surface area contributed by atoms with Crippen molar-refractivity contribution < 1.29 is 9.90 Å². The van der Waals surface area contributed by atoms with Gasteiger partial charge in [-0.15, -0.1) is 0 Å². The molecule has 2 heteroatoms. The van der Waals surface area contributed by atoms with Gasteiger partial charge in [-0.05, 0) is 54.0 Å². The normalized spacial score (nSPS) is 10.7. The van der Waals surface area contributed by atoms with Crippen LogP contribution < -0.4 is 0 Å². The first-order valence-corrected chi connectivity index (χ1v) is 9.09. The topological polar surface area (TPSA) is 37.3 Å². The fraction of sp³-hybridized carbons (Fsp3) is 0.208. The molecule has 0 aliphatic rings. The Hall–Kier alpha value is -2.71. The van der Waals surface area contributed by atoms with Crippen LogP contribution in [0.4, 0.5) is 0 Å². The van der Waals surface area contributed by atoms with E-state index < -0.39 is 0 Å². The summed E-state index contributed by atoms with van der Waals surface area (Å²) in [5, 5.41) is 8.86. The summed E-state index contributed by atoms with van der Waals surface area (Å²) in [7, 11) is 0. The van der Waals surface area contributed by atoms with Crippen LogP contribution >= 0.6 is 0 Å². The number of hydrogen-bond acceptors (Lipinski definition) is 2. The highest BCUT2D eigenvalue weighted by Gasteiger charge is 2.03. The smallest absolute Gasteiger partial charge is 0.159 e. The number of ketones is 1. The molecule has 1 N–H and O–H groups in total. The molecule has 2 nitrogen and oxygen atoms in total. The lowest BCUT2D eigenvalue weighted by atomic mass is 9.98. The molecule has 0 spiro atoms. The number of unbranched alkanes of at least 4 members (excludes halogenated alkanes) is 1. The number of aliphatic hydroxyl groups is 1. The molecule has 132 valence electrons. The molecule has 0 unspecified atom stereocenters. The number of carbonyl (C=O) groups excluding carboxylic acids is 1. The van der Waals surface area contributed by atoms with E-state index in [-0.39, 0.29) is 12.4 Å². The number of benzene rings is 3. The summed E-state index contributed by atoms with van der Waals surface area (Å²) in [5.74, 6) is 0.0895. The van der Waals surface area contributed by atoms with E-state index in [0.717, 1.165) is 36.0 Å². The highest BCUT2D eigenvalue weighted by molar-refractivity contribution is 5.94. The van der Waals surface area contributed by atoms with E-state index in [1.165, 1.54) is 16.7 Å². The van der Waals surface area contributed by atoms with Crippen molar-refractivity contribution in [1.82, 2.24) is 0 Å². The van der Waals surface area contributed by atoms with Crippen molar-refractivity contribution in [3.8, 4) is 22.3 Å². The number of aliphatic hydroxyl groups excluding tert-OH is 1. The van der Waals surface area contributed by atoms with Crippen molar-refractivity contribution in [2.45, 2.75) is 26.2 Å². The van der Waals surface area contributed by atoms with Crippen LogP contribution in [-0.2, 0) is 6.42 Å². The first-order valence-electron chi connectivity index (χ1n) is 9.09. The fourth-order valence-electron chi connectivity index (χ4n) is 3.06. The second-order valence-electron chi connectivity index (χ2n) is 6.59. The summed E-state index contributed by atoms with van der Waals surface area (Å²) >= 11 is 0. The minimum atomic E-state index is 0.0895. The van der Waals surface area contributed by atoms with Crippen molar-refractivity contribution in [3.05, 3.63) is 83.9 Å². The molecule has 3 aromatic rings. The predicted octanol–water partition coefficient (Wildman–Crippen LogP) is 5.54. The summed E-state index contributed by atoms with van der Waals surface area (Å²) in [4.78, 5) is 11.4. The average Bonchev–Trinajstić information content (AvgIpc) is 2.69. The Bertz CT molecular complexity index is 844. The standard InChI is InChI=1S/C24H24O2/c1-18(26)20-9-11-22(12-10-20)24-15-13-23(14-16-24)21-7-5-19(6-8-21)4-2-3-17-25/h5-16,25H,2-4,17H2,1H3. The van der Waals surface area contributed by atoms with Gasteiger partial charge in [0.1, 0.15) is 0 Å². The first kappa shape index (κ1) is 18.1. The van der Waals surface area contributed by atoms with Crippen molar-refractivity contribution in [1.29, 1.82) is 0 Å². The van der Waals surface area contributed by atoms with Gasteiger partial charge in [-0.1, -0.05) is 72.8 Å². The number of Topliss-reactive ketones (excluding diaryl/α,β-unsaturated/α-hetero) is 1. The van der Waals surface area contributed by atoms with Gasteiger partial charge >= 0.3 is 0 Å². The number of hydrogen-bond donors (Lipinski definition) is 1. The van der Waals surface area contributed by atoms with Crippen LogP contribution in [0.25, 0.3) is 22.3 Å². The zero-order chi connectivity index (χ0) is 18.4. The third-order valence-electron chi connectivity index (χ3n) is 4.67. The monoisotopic (exact) mass is 344 g/mol. The SMILES string of the molecule is CC(=O)c1ccc(-c2ccc(-c3ccc(CCCCO)cc3)cc2)cc1. The number of carbonyl (C=O) groups is 1. The summed E-state index contributed by atoms with van der Waals surface area (Å²) in [5.41, 5.74) is 6.70. The molecule has 0 amide bonds. The molecule has 0 fully saturated rings. The molecule has 26 heavy (non-hydrogen) atoms.